The van der Waals surface area contributed by atoms with Crippen molar-refractivity contribution >= 4 is 27.4 Å². The Balaban J connectivity index is 1.97. The normalized spacial score (nSPS) is 11.4. The molecule has 3 aromatic rings. The number of aromatic carboxylic acids is 1. The summed E-state index contributed by atoms with van der Waals surface area (Å²) in [5, 5.41) is 22.6. The van der Waals surface area contributed by atoms with Gasteiger partial charge in [0.15, 0.2) is 9.84 Å². The zero-order chi connectivity index (χ0) is 18.0. The molecular weight excluding hydrogens is 368 g/mol. The first-order chi connectivity index (χ1) is 11.9. The minimum absolute atomic E-state index is 0.0243. The molecule has 0 aliphatic rings. The Morgan fingerprint density at radius 2 is 2.00 bits per heavy atom. The summed E-state index contributed by atoms with van der Waals surface area (Å²) in [5.74, 6) is -1.29. The molecule has 0 bridgehead atoms. The van der Waals surface area contributed by atoms with Crippen LogP contribution >= 0.6 is 11.6 Å². The van der Waals surface area contributed by atoms with Gasteiger partial charge in [0.1, 0.15) is 0 Å². The van der Waals surface area contributed by atoms with Crippen LogP contribution in [-0.4, -0.2) is 40.1 Å². The average molecular weight is 379 g/mol. The van der Waals surface area contributed by atoms with Gasteiger partial charge in [0, 0.05) is 5.56 Å². The molecule has 0 fully saturated rings. The minimum atomic E-state index is -3.72. The van der Waals surface area contributed by atoms with Gasteiger partial charge in [-0.05, 0) is 41.1 Å². The molecule has 0 amide bonds. The third-order valence-corrected chi connectivity index (χ3v) is 5.43. The van der Waals surface area contributed by atoms with Crippen molar-refractivity contribution in [2.75, 3.05) is 0 Å². The second-order valence-corrected chi connectivity index (χ2v) is 7.54. The molecule has 0 atom stereocenters. The van der Waals surface area contributed by atoms with Crippen LogP contribution in [0.1, 0.15) is 15.9 Å². The molecule has 0 spiro atoms. The predicted molar refractivity (Wildman–Crippen MR) is 88.9 cm³/mol. The van der Waals surface area contributed by atoms with Crippen LogP contribution in [0.3, 0.4) is 0 Å². The van der Waals surface area contributed by atoms with Crippen LogP contribution < -0.4 is 0 Å². The molecule has 8 nitrogen and oxygen atoms in total. The predicted octanol–water partition coefficient (Wildman–Crippen LogP) is 2.19. The van der Waals surface area contributed by atoms with E-state index in [1.165, 1.54) is 36.4 Å². The summed E-state index contributed by atoms with van der Waals surface area (Å²) >= 11 is 6.07. The number of tetrazole rings is 1. The van der Waals surface area contributed by atoms with E-state index in [2.05, 4.69) is 20.6 Å². The van der Waals surface area contributed by atoms with Crippen molar-refractivity contribution in [1.82, 2.24) is 20.6 Å². The number of hydrogen-bond acceptors (Lipinski definition) is 6. The maximum absolute atomic E-state index is 12.7. The Kier molecular flexibility index (Phi) is 4.51. The number of nitrogens with one attached hydrogen (secondary N) is 1. The number of H-pyrrole nitrogens is 1. The van der Waals surface area contributed by atoms with E-state index in [-0.39, 0.29) is 27.1 Å². The molecule has 0 aliphatic heterocycles. The highest BCUT2D eigenvalue weighted by Gasteiger charge is 2.19. The van der Waals surface area contributed by atoms with Crippen LogP contribution in [0, 0.1) is 0 Å². The van der Waals surface area contributed by atoms with Crippen molar-refractivity contribution in [1.29, 1.82) is 0 Å². The number of aromatic amines is 1. The van der Waals surface area contributed by atoms with Gasteiger partial charge in [-0.15, -0.1) is 10.2 Å². The summed E-state index contributed by atoms with van der Waals surface area (Å²) in [4.78, 5) is 11.0. The van der Waals surface area contributed by atoms with Crippen molar-refractivity contribution in [2.24, 2.45) is 0 Å². The molecular formula is C15H11ClN4O4S. The van der Waals surface area contributed by atoms with Crippen molar-refractivity contribution < 1.29 is 18.3 Å². The van der Waals surface area contributed by atoms with Crippen molar-refractivity contribution in [2.45, 2.75) is 10.6 Å². The lowest BCUT2D eigenvalue weighted by molar-refractivity contribution is 0.0696. The average Bonchev–Trinajstić information content (AvgIpc) is 3.09. The number of nitrogens with zero attached hydrogens (tertiary/aromatic N) is 3. The molecule has 0 saturated heterocycles. The molecule has 1 aromatic heterocycles. The molecule has 0 radical (unpaired) electrons. The van der Waals surface area contributed by atoms with E-state index in [0.29, 0.717) is 11.1 Å². The first-order valence-electron chi connectivity index (χ1n) is 6.95. The Morgan fingerprint density at radius 1 is 1.20 bits per heavy atom. The van der Waals surface area contributed by atoms with E-state index in [0.717, 1.165) is 0 Å². The van der Waals surface area contributed by atoms with E-state index in [1.54, 1.807) is 6.07 Å². The molecule has 2 N–H and O–H groups in total. The standard InChI is InChI=1S/C15H11ClN4O4S/c16-13-5-4-11(7-12(13)14-17-19-20-18-14)25(23,24)8-9-2-1-3-10(6-9)15(21)22/h1-7H,8H2,(H,21,22)(H,17,18,19,20). The zero-order valence-electron chi connectivity index (χ0n) is 12.5. The number of sulfone groups is 1. The van der Waals surface area contributed by atoms with Gasteiger partial charge in [-0.1, -0.05) is 23.7 Å². The van der Waals surface area contributed by atoms with Crippen molar-refractivity contribution in [3.8, 4) is 11.4 Å². The summed E-state index contributed by atoms with van der Waals surface area (Å²) in [6.07, 6.45) is 0. The third kappa shape index (κ3) is 3.67. The Morgan fingerprint density at radius 3 is 2.68 bits per heavy atom. The van der Waals surface area contributed by atoms with E-state index in [1.807, 2.05) is 0 Å². The van der Waals surface area contributed by atoms with Gasteiger partial charge in [-0.25, -0.2) is 13.2 Å². The fourth-order valence-corrected chi connectivity index (χ4v) is 3.80. The zero-order valence-corrected chi connectivity index (χ0v) is 14.1. The quantitative estimate of drug-likeness (QED) is 0.696. The van der Waals surface area contributed by atoms with Crippen molar-refractivity contribution in [3.63, 3.8) is 0 Å². The summed E-state index contributed by atoms with van der Waals surface area (Å²) in [7, 11) is -3.72. The lowest BCUT2D eigenvalue weighted by Gasteiger charge is -2.08. The van der Waals surface area contributed by atoms with Crippen LogP contribution in [0.15, 0.2) is 47.4 Å². The van der Waals surface area contributed by atoms with Gasteiger partial charge in [-0.3, -0.25) is 0 Å². The van der Waals surface area contributed by atoms with Crippen LogP contribution in [0.25, 0.3) is 11.4 Å². The lowest BCUT2D eigenvalue weighted by Crippen LogP contribution is -2.06. The Hall–Kier alpha value is -2.78. The van der Waals surface area contributed by atoms with Gasteiger partial charge in [0.2, 0.25) is 5.82 Å². The van der Waals surface area contributed by atoms with Crippen LogP contribution in [0.4, 0.5) is 0 Å². The van der Waals surface area contributed by atoms with Crippen LogP contribution in [0.2, 0.25) is 5.02 Å². The smallest absolute Gasteiger partial charge is 0.335 e. The number of aromatic nitrogens is 4. The third-order valence-electron chi connectivity index (χ3n) is 3.41. The minimum Gasteiger partial charge on any atom is -0.478 e. The molecule has 3 rings (SSSR count). The maximum Gasteiger partial charge on any atom is 0.335 e. The number of carbonyl (C=O) groups is 1. The van der Waals surface area contributed by atoms with Crippen molar-refractivity contribution in [3.05, 3.63) is 58.6 Å². The summed E-state index contributed by atoms with van der Waals surface area (Å²) in [6.45, 7) is 0. The number of rotatable bonds is 5. The fraction of sp³-hybridized carbons (Fsp3) is 0.0667. The number of hydrogen-bond donors (Lipinski definition) is 2. The number of benzene rings is 2. The van der Waals surface area contributed by atoms with E-state index >= 15 is 0 Å². The van der Waals surface area contributed by atoms with Gasteiger partial charge in [0.05, 0.1) is 21.2 Å². The highest BCUT2D eigenvalue weighted by Crippen LogP contribution is 2.28. The summed E-state index contributed by atoms with van der Waals surface area (Å²) in [5.41, 5.74) is 0.725. The van der Waals surface area contributed by atoms with E-state index < -0.39 is 15.8 Å². The molecule has 128 valence electrons. The van der Waals surface area contributed by atoms with Crippen LogP contribution in [0.5, 0.6) is 0 Å². The monoisotopic (exact) mass is 378 g/mol. The fourth-order valence-electron chi connectivity index (χ4n) is 2.24. The van der Waals surface area contributed by atoms with E-state index in [9.17, 15) is 13.2 Å². The van der Waals surface area contributed by atoms with Gasteiger partial charge < -0.3 is 5.11 Å². The second kappa shape index (κ2) is 6.61. The van der Waals surface area contributed by atoms with Gasteiger partial charge >= 0.3 is 5.97 Å². The van der Waals surface area contributed by atoms with E-state index in [4.69, 9.17) is 16.7 Å². The molecule has 10 heteroatoms. The SMILES string of the molecule is O=C(O)c1cccc(CS(=O)(=O)c2ccc(Cl)c(-c3nn[nH]n3)c2)c1. The molecule has 0 saturated carbocycles. The summed E-state index contributed by atoms with van der Waals surface area (Å²) < 4.78 is 25.3. The van der Waals surface area contributed by atoms with Crippen LogP contribution in [-0.2, 0) is 15.6 Å². The largest absolute Gasteiger partial charge is 0.478 e. The van der Waals surface area contributed by atoms with Gasteiger partial charge in [-0.2, -0.15) is 5.21 Å². The molecule has 25 heavy (non-hydrogen) atoms. The number of halogens is 1. The molecule has 1 heterocycles. The topological polar surface area (TPSA) is 126 Å². The highest BCUT2D eigenvalue weighted by atomic mass is 35.5. The number of carboxylic acids is 1. The Bertz CT molecular complexity index is 1040. The molecule has 0 unspecified atom stereocenters. The first-order valence-corrected chi connectivity index (χ1v) is 8.98. The van der Waals surface area contributed by atoms with Gasteiger partial charge in [0.25, 0.3) is 0 Å². The first kappa shape index (κ1) is 17.1. The second-order valence-electron chi connectivity index (χ2n) is 5.14. The lowest BCUT2D eigenvalue weighted by atomic mass is 10.1. The molecule has 2 aromatic carbocycles. The highest BCUT2D eigenvalue weighted by molar-refractivity contribution is 7.90. The molecule has 0 aliphatic carbocycles. The maximum atomic E-state index is 12.7. The number of carboxylic acid groups (broad SMARTS) is 1. The summed E-state index contributed by atoms with van der Waals surface area (Å²) in [6, 6.07) is 9.96. The Labute approximate surface area is 147 Å².